The second-order valence-electron chi connectivity index (χ2n) is 6.01. The number of anilines is 2. The first-order chi connectivity index (χ1) is 13.9. The summed E-state index contributed by atoms with van der Waals surface area (Å²) in [5.41, 5.74) is 7.15. The molecule has 0 bridgehead atoms. The van der Waals surface area contributed by atoms with Crippen LogP contribution in [0.4, 0.5) is 10.0 Å². The lowest BCUT2D eigenvalue weighted by molar-refractivity contribution is 0.0699. The topological polar surface area (TPSA) is 135 Å². The molecule has 0 radical (unpaired) electrons. The highest BCUT2D eigenvalue weighted by Gasteiger charge is 2.27. The number of benzene rings is 2. The van der Waals surface area contributed by atoms with Crippen LogP contribution in [0.3, 0.4) is 0 Å². The number of hydrogen-bond donors (Lipinski definition) is 3. The van der Waals surface area contributed by atoms with Crippen LogP contribution in [-0.2, 0) is 10.0 Å². The molecule has 146 valence electrons. The molecular formula is C19H14N4O4S2. The van der Waals surface area contributed by atoms with Crippen molar-refractivity contribution in [2.45, 2.75) is 4.90 Å². The number of sulfonamides is 1. The number of rotatable bonds is 5. The predicted octanol–water partition coefficient (Wildman–Crippen LogP) is 3.44. The maximum absolute atomic E-state index is 12.8. The Bertz CT molecular complexity index is 1340. The quantitative estimate of drug-likeness (QED) is 0.445. The standard InChI is InChI=1S/C19H14N4O4S2/c20-17-16(19(24)25)15(14-10-21-12-8-4-5-9-13(12)22-14)18(28-17)23-29(26,27)11-6-2-1-3-7-11/h1-10,23H,20H2,(H,24,25). The van der Waals surface area contributed by atoms with Gasteiger partial charge in [0.2, 0.25) is 0 Å². The van der Waals surface area contributed by atoms with Gasteiger partial charge in [-0.15, -0.1) is 0 Å². The second kappa shape index (κ2) is 7.15. The highest BCUT2D eigenvalue weighted by Crippen LogP contribution is 2.43. The van der Waals surface area contributed by atoms with E-state index in [0.717, 1.165) is 11.3 Å². The first kappa shape index (κ1) is 18.8. The molecule has 0 amide bonds. The molecule has 2 aromatic heterocycles. The minimum absolute atomic E-state index is 0.0341. The second-order valence-corrected chi connectivity index (χ2v) is 8.75. The van der Waals surface area contributed by atoms with Gasteiger partial charge in [0.05, 0.1) is 33.4 Å². The number of aromatic nitrogens is 2. The molecule has 0 saturated carbocycles. The highest BCUT2D eigenvalue weighted by molar-refractivity contribution is 7.93. The fraction of sp³-hybridized carbons (Fsp3) is 0. The molecule has 0 aliphatic heterocycles. The van der Waals surface area contributed by atoms with E-state index in [1.54, 1.807) is 42.5 Å². The fourth-order valence-corrected chi connectivity index (χ4v) is 5.13. The smallest absolute Gasteiger partial charge is 0.339 e. The summed E-state index contributed by atoms with van der Waals surface area (Å²) in [5.74, 6) is -1.28. The van der Waals surface area contributed by atoms with Crippen molar-refractivity contribution < 1.29 is 18.3 Å². The zero-order valence-electron chi connectivity index (χ0n) is 14.7. The Morgan fingerprint density at radius 1 is 1.03 bits per heavy atom. The zero-order chi connectivity index (χ0) is 20.6. The molecule has 0 atom stereocenters. The molecule has 2 aromatic carbocycles. The molecule has 4 aromatic rings. The van der Waals surface area contributed by atoms with Gasteiger partial charge in [-0.1, -0.05) is 41.7 Å². The molecule has 8 nitrogen and oxygen atoms in total. The number of aromatic carboxylic acids is 1. The molecule has 0 aliphatic rings. The van der Waals surface area contributed by atoms with E-state index >= 15 is 0 Å². The van der Waals surface area contributed by atoms with E-state index in [2.05, 4.69) is 14.7 Å². The SMILES string of the molecule is Nc1sc(NS(=O)(=O)c2ccccc2)c(-c2cnc3ccccc3n2)c1C(=O)O. The van der Waals surface area contributed by atoms with Crippen molar-refractivity contribution in [1.29, 1.82) is 0 Å². The van der Waals surface area contributed by atoms with Gasteiger partial charge in [-0.25, -0.2) is 18.2 Å². The lowest BCUT2D eigenvalue weighted by atomic mass is 10.1. The Morgan fingerprint density at radius 3 is 2.38 bits per heavy atom. The normalized spacial score (nSPS) is 11.4. The number of carbonyl (C=O) groups is 1. The largest absolute Gasteiger partial charge is 0.478 e. The van der Waals surface area contributed by atoms with Gasteiger partial charge in [-0.2, -0.15) is 0 Å². The van der Waals surface area contributed by atoms with Crippen LogP contribution in [0.1, 0.15) is 10.4 Å². The Morgan fingerprint density at radius 2 is 1.69 bits per heavy atom. The van der Waals surface area contributed by atoms with Gasteiger partial charge in [0.1, 0.15) is 15.6 Å². The van der Waals surface area contributed by atoms with Crippen LogP contribution in [0.2, 0.25) is 0 Å². The highest BCUT2D eigenvalue weighted by atomic mass is 32.2. The number of carboxylic acids is 1. The number of para-hydroxylation sites is 2. The summed E-state index contributed by atoms with van der Waals surface area (Å²) in [6, 6.07) is 14.8. The maximum Gasteiger partial charge on any atom is 0.339 e. The van der Waals surface area contributed by atoms with Gasteiger partial charge >= 0.3 is 5.97 Å². The van der Waals surface area contributed by atoms with E-state index in [-0.39, 0.29) is 31.7 Å². The Balaban J connectivity index is 1.89. The Hall–Kier alpha value is -3.50. The summed E-state index contributed by atoms with van der Waals surface area (Å²) in [4.78, 5) is 20.6. The number of nitrogen functional groups attached to an aromatic ring is 1. The lowest BCUT2D eigenvalue weighted by Crippen LogP contribution is -2.13. The average molecular weight is 426 g/mol. The van der Waals surface area contributed by atoms with Gasteiger partial charge in [0.25, 0.3) is 10.0 Å². The van der Waals surface area contributed by atoms with Crippen molar-refractivity contribution in [3.05, 3.63) is 66.4 Å². The molecule has 4 N–H and O–H groups in total. The van der Waals surface area contributed by atoms with Gasteiger partial charge in [-0.3, -0.25) is 9.71 Å². The van der Waals surface area contributed by atoms with E-state index in [9.17, 15) is 18.3 Å². The Kier molecular flexibility index (Phi) is 4.65. The number of nitrogens with one attached hydrogen (secondary N) is 1. The lowest BCUT2D eigenvalue weighted by Gasteiger charge is -2.09. The first-order valence-corrected chi connectivity index (χ1v) is 10.6. The summed E-state index contributed by atoms with van der Waals surface area (Å²) < 4.78 is 28.0. The molecule has 2 heterocycles. The van der Waals surface area contributed by atoms with Crippen LogP contribution in [0, 0.1) is 0 Å². The number of nitrogens with zero attached hydrogens (tertiary/aromatic N) is 2. The number of carboxylic acid groups (broad SMARTS) is 1. The summed E-state index contributed by atoms with van der Waals surface area (Å²) >= 11 is 0.830. The minimum atomic E-state index is -3.95. The van der Waals surface area contributed by atoms with Crippen molar-refractivity contribution in [3.8, 4) is 11.3 Å². The molecule has 0 aliphatic carbocycles. The van der Waals surface area contributed by atoms with Crippen molar-refractivity contribution in [2.24, 2.45) is 0 Å². The van der Waals surface area contributed by atoms with E-state index in [1.807, 2.05) is 0 Å². The predicted molar refractivity (Wildman–Crippen MR) is 111 cm³/mol. The average Bonchev–Trinajstić information content (AvgIpc) is 3.03. The third-order valence-corrected chi connectivity index (χ3v) is 6.56. The number of nitrogens with two attached hydrogens (primary N) is 1. The van der Waals surface area contributed by atoms with Crippen molar-refractivity contribution in [1.82, 2.24) is 9.97 Å². The van der Waals surface area contributed by atoms with E-state index < -0.39 is 16.0 Å². The summed E-state index contributed by atoms with van der Waals surface area (Å²) in [7, 11) is -3.95. The fourth-order valence-electron chi connectivity index (χ4n) is 2.84. The van der Waals surface area contributed by atoms with Crippen LogP contribution in [0.25, 0.3) is 22.3 Å². The van der Waals surface area contributed by atoms with Gasteiger partial charge in [-0.05, 0) is 24.3 Å². The third-order valence-electron chi connectivity index (χ3n) is 4.13. The monoisotopic (exact) mass is 426 g/mol. The molecule has 0 unspecified atom stereocenters. The summed E-state index contributed by atoms with van der Waals surface area (Å²) in [6.07, 6.45) is 1.40. The van der Waals surface area contributed by atoms with Crippen LogP contribution < -0.4 is 10.5 Å². The van der Waals surface area contributed by atoms with Crippen LogP contribution in [-0.4, -0.2) is 29.5 Å². The van der Waals surface area contributed by atoms with Crippen molar-refractivity contribution >= 4 is 48.4 Å². The first-order valence-electron chi connectivity index (χ1n) is 8.32. The van der Waals surface area contributed by atoms with Gasteiger partial charge in [0.15, 0.2) is 0 Å². The van der Waals surface area contributed by atoms with E-state index in [0.29, 0.717) is 11.0 Å². The van der Waals surface area contributed by atoms with Crippen LogP contribution in [0.15, 0.2) is 65.7 Å². The van der Waals surface area contributed by atoms with Crippen LogP contribution in [0.5, 0.6) is 0 Å². The Labute approximate surface area is 169 Å². The zero-order valence-corrected chi connectivity index (χ0v) is 16.4. The molecular weight excluding hydrogens is 412 g/mol. The molecule has 29 heavy (non-hydrogen) atoms. The molecule has 0 fully saturated rings. The summed E-state index contributed by atoms with van der Waals surface area (Å²) in [5, 5.41) is 9.68. The third kappa shape index (κ3) is 3.50. The van der Waals surface area contributed by atoms with E-state index in [4.69, 9.17) is 5.73 Å². The number of fused-ring (bicyclic) bond motifs is 1. The summed E-state index contributed by atoms with van der Waals surface area (Å²) in [6.45, 7) is 0. The molecule has 0 spiro atoms. The minimum Gasteiger partial charge on any atom is -0.478 e. The number of hydrogen-bond acceptors (Lipinski definition) is 7. The van der Waals surface area contributed by atoms with Gasteiger partial charge < -0.3 is 10.8 Å². The molecule has 10 heteroatoms. The van der Waals surface area contributed by atoms with Crippen molar-refractivity contribution in [3.63, 3.8) is 0 Å². The maximum atomic E-state index is 12.8. The number of thiophene rings is 1. The van der Waals surface area contributed by atoms with E-state index in [1.165, 1.54) is 18.3 Å². The molecule has 0 saturated heterocycles. The van der Waals surface area contributed by atoms with Gasteiger partial charge in [0, 0.05) is 0 Å². The van der Waals surface area contributed by atoms with Crippen LogP contribution >= 0.6 is 11.3 Å². The van der Waals surface area contributed by atoms with Crippen molar-refractivity contribution in [2.75, 3.05) is 10.5 Å². The molecule has 4 rings (SSSR count).